The topological polar surface area (TPSA) is 65.9 Å². The molecule has 1 rings (SSSR count). The summed E-state index contributed by atoms with van der Waals surface area (Å²) in [6.07, 6.45) is 1.93. The second kappa shape index (κ2) is 11.8. The van der Waals surface area contributed by atoms with E-state index >= 15 is 0 Å². The molecule has 0 radical (unpaired) electrons. The van der Waals surface area contributed by atoms with E-state index in [2.05, 4.69) is 29.5 Å². The summed E-state index contributed by atoms with van der Waals surface area (Å²) in [6.45, 7) is 10.1. The first kappa shape index (κ1) is 19.3. The van der Waals surface area contributed by atoms with E-state index in [-0.39, 0.29) is 0 Å². The van der Waals surface area contributed by atoms with Crippen molar-refractivity contribution in [1.29, 1.82) is 0 Å². The summed E-state index contributed by atoms with van der Waals surface area (Å²) in [7, 11) is 0. The van der Waals surface area contributed by atoms with Gasteiger partial charge in [0, 0.05) is 19.7 Å². The van der Waals surface area contributed by atoms with Crippen LogP contribution in [0.2, 0.25) is 0 Å². The zero-order valence-electron chi connectivity index (χ0n) is 14.6. The average Bonchev–Trinajstić information content (AvgIpc) is 2.50. The van der Waals surface area contributed by atoms with E-state index in [0.29, 0.717) is 24.8 Å². The Morgan fingerprint density at radius 1 is 1.26 bits per heavy atom. The lowest BCUT2D eigenvalue weighted by Crippen LogP contribution is -2.38. The number of benzene rings is 1. The quantitative estimate of drug-likeness (QED) is 0.352. The number of phenols is 1. The maximum absolute atomic E-state index is 9.46. The highest BCUT2D eigenvalue weighted by atomic mass is 16.5. The minimum atomic E-state index is 0.307. The highest BCUT2D eigenvalue weighted by Crippen LogP contribution is 2.10. The molecule has 0 spiro atoms. The van der Waals surface area contributed by atoms with Gasteiger partial charge < -0.3 is 20.5 Å². The van der Waals surface area contributed by atoms with Gasteiger partial charge in [0.1, 0.15) is 5.75 Å². The molecule has 0 bridgehead atoms. The Balaban J connectivity index is 2.26. The second-order valence-electron chi connectivity index (χ2n) is 5.90. The molecule has 1 aromatic carbocycles. The Kier molecular flexibility index (Phi) is 9.87. The van der Waals surface area contributed by atoms with Crippen LogP contribution in [0.4, 0.5) is 0 Å². The molecule has 0 amide bonds. The number of hydrogen-bond acceptors (Lipinski definition) is 3. The number of rotatable bonds is 10. The number of ether oxygens (including phenoxy) is 1. The second-order valence-corrected chi connectivity index (χ2v) is 5.90. The summed E-state index contributed by atoms with van der Waals surface area (Å²) in [5.74, 6) is 1.79. The predicted molar refractivity (Wildman–Crippen MR) is 96.1 cm³/mol. The van der Waals surface area contributed by atoms with Crippen molar-refractivity contribution in [3.63, 3.8) is 0 Å². The number of aromatic hydroxyl groups is 1. The van der Waals surface area contributed by atoms with Crippen LogP contribution in [0.3, 0.4) is 0 Å². The van der Waals surface area contributed by atoms with E-state index in [4.69, 9.17) is 4.74 Å². The first-order valence-electron chi connectivity index (χ1n) is 8.49. The van der Waals surface area contributed by atoms with E-state index in [1.165, 1.54) is 0 Å². The Morgan fingerprint density at radius 2 is 2.09 bits per heavy atom. The van der Waals surface area contributed by atoms with Crippen LogP contribution in [0.1, 0.15) is 32.8 Å². The lowest BCUT2D eigenvalue weighted by atomic mass is 10.1. The molecule has 0 aliphatic carbocycles. The molecule has 0 fully saturated rings. The number of hydrogen-bond donors (Lipinski definition) is 3. The summed E-state index contributed by atoms with van der Waals surface area (Å²) < 4.78 is 5.57. The summed E-state index contributed by atoms with van der Waals surface area (Å²) in [5, 5.41) is 16.0. The summed E-state index contributed by atoms with van der Waals surface area (Å²) in [4.78, 5) is 4.50. The minimum Gasteiger partial charge on any atom is -0.508 e. The fraction of sp³-hybridized carbons (Fsp3) is 0.611. The molecule has 130 valence electrons. The first-order valence-corrected chi connectivity index (χ1v) is 8.49. The third-order valence-electron chi connectivity index (χ3n) is 3.31. The van der Waals surface area contributed by atoms with E-state index in [0.717, 1.165) is 44.1 Å². The zero-order chi connectivity index (χ0) is 16.9. The maximum atomic E-state index is 9.46. The standard InChI is InChI=1S/C18H31N3O2/c1-4-19-18(21-11-13-23-12-9-15(2)3)20-10-8-16-6-5-7-17(22)14-16/h5-7,14-15,22H,4,8-13H2,1-3H3,(H2,19,20,21). The molecule has 0 heterocycles. The van der Waals surface area contributed by atoms with Crippen molar-refractivity contribution >= 4 is 5.96 Å². The lowest BCUT2D eigenvalue weighted by molar-refractivity contribution is 0.130. The van der Waals surface area contributed by atoms with Gasteiger partial charge in [0.15, 0.2) is 5.96 Å². The highest BCUT2D eigenvalue weighted by Gasteiger charge is 1.99. The molecule has 0 aromatic heterocycles. The Morgan fingerprint density at radius 3 is 2.78 bits per heavy atom. The van der Waals surface area contributed by atoms with Gasteiger partial charge in [-0.3, -0.25) is 4.99 Å². The third-order valence-corrected chi connectivity index (χ3v) is 3.31. The van der Waals surface area contributed by atoms with Gasteiger partial charge in [0.2, 0.25) is 0 Å². The first-order chi connectivity index (χ1) is 11.1. The van der Waals surface area contributed by atoms with Gasteiger partial charge in [-0.1, -0.05) is 26.0 Å². The monoisotopic (exact) mass is 321 g/mol. The number of aliphatic imine (C=N–C) groups is 1. The van der Waals surface area contributed by atoms with Gasteiger partial charge in [0.05, 0.1) is 13.2 Å². The molecule has 5 nitrogen and oxygen atoms in total. The van der Waals surface area contributed by atoms with Crippen molar-refractivity contribution in [3.8, 4) is 5.75 Å². The molecule has 0 atom stereocenters. The Labute approximate surface area is 140 Å². The Hall–Kier alpha value is -1.75. The summed E-state index contributed by atoms with van der Waals surface area (Å²) in [5.41, 5.74) is 1.10. The van der Waals surface area contributed by atoms with E-state index < -0.39 is 0 Å². The molecule has 3 N–H and O–H groups in total. The van der Waals surface area contributed by atoms with Crippen LogP contribution in [-0.2, 0) is 11.2 Å². The number of phenolic OH excluding ortho intramolecular Hbond substituents is 1. The Bertz CT molecular complexity index is 461. The summed E-state index contributed by atoms with van der Waals surface area (Å²) in [6, 6.07) is 7.34. The smallest absolute Gasteiger partial charge is 0.191 e. The molecule has 1 aromatic rings. The SMILES string of the molecule is CCNC(=NCCOCCC(C)C)NCCc1cccc(O)c1. The number of guanidine groups is 1. The molecular weight excluding hydrogens is 290 g/mol. The normalized spacial score (nSPS) is 11.7. The van der Waals surface area contributed by atoms with Crippen LogP contribution in [-0.4, -0.2) is 43.9 Å². The predicted octanol–water partition coefficient (Wildman–Crippen LogP) is 2.55. The minimum absolute atomic E-state index is 0.307. The van der Waals surface area contributed by atoms with Crippen molar-refractivity contribution in [2.75, 3.05) is 32.8 Å². The van der Waals surface area contributed by atoms with Crippen LogP contribution in [0.25, 0.3) is 0 Å². The van der Waals surface area contributed by atoms with Crippen molar-refractivity contribution in [3.05, 3.63) is 29.8 Å². The molecule has 5 heteroatoms. The van der Waals surface area contributed by atoms with Gasteiger partial charge in [0.25, 0.3) is 0 Å². The van der Waals surface area contributed by atoms with Gasteiger partial charge in [-0.2, -0.15) is 0 Å². The molecule has 0 aliphatic rings. The van der Waals surface area contributed by atoms with Gasteiger partial charge in [-0.05, 0) is 43.4 Å². The molecule has 0 aliphatic heterocycles. The van der Waals surface area contributed by atoms with Crippen molar-refractivity contribution in [2.45, 2.75) is 33.6 Å². The van der Waals surface area contributed by atoms with Crippen molar-refractivity contribution in [2.24, 2.45) is 10.9 Å². The van der Waals surface area contributed by atoms with Crippen LogP contribution < -0.4 is 10.6 Å². The third kappa shape index (κ3) is 9.79. The van der Waals surface area contributed by atoms with Crippen LogP contribution in [0.15, 0.2) is 29.3 Å². The fourth-order valence-electron chi connectivity index (χ4n) is 2.02. The highest BCUT2D eigenvalue weighted by molar-refractivity contribution is 5.79. The average molecular weight is 321 g/mol. The maximum Gasteiger partial charge on any atom is 0.191 e. The molecular formula is C18H31N3O2. The lowest BCUT2D eigenvalue weighted by Gasteiger charge is -2.11. The van der Waals surface area contributed by atoms with E-state index in [9.17, 15) is 5.11 Å². The zero-order valence-corrected chi connectivity index (χ0v) is 14.6. The van der Waals surface area contributed by atoms with E-state index in [1.54, 1.807) is 12.1 Å². The number of nitrogens with one attached hydrogen (secondary N) is 2. The van der Waals surface area contributed by atoms with Gasteiger partial charge in [-0.15, -0.1) is 0 Å². The van der Waals surface area contributed by atoms with Crippen molar-refractivity contribution in [1.82, 2.24) is 10.6 Å². The fourth-order valence-corrected chi connectivity index (χ4v) is 2.02. The van der Waals surface area contributed by atoms with Crippen LogP contribution >= 0.6 is 0 Å². The van der Waals surface area contributed by atoms with E-state index in [1.807, 2.05) is 19.1 Å². The summed E-state index contributed by atoms with van der Waals surface area (Å²) >= 11 is 0. The molecule has 0 unspecified atom stereocenters. The van der Waals surface area contributed by atoms with Crippen molar-refractivity contribution < 1.29 is 9.84 Å². The van der Waals surface area contributed by atoms with Crippen LogP contribution in [0.5, 0.6) is 5.75 Å². The largest absolute Gasteiger partial charge is 0.508 e. The van der Waals surface area contributed by atoms with Gasteiger partial charge >= 0.3 is 0 Å². The molecule has 0 saturated carbocycles. The van der Waals surface area contributed by atoms with Gasteiger partial charge in [-0.25, -0.2) is 0 Å². The van der Waals surface area contributed by atoms with Crippen LogP contribution in [0, 0.1) is 5.92 Å². The molecule has 23 heavy (non-hydrogen) atoms. The number of nitrogens with zero attached hydrogens (tertiary/aromatic N) is 1. The molecule has 0 saturated heterocycles.